The molecule has 0 amide bonds. The highest BCUT2D eigenvalue weighted by atomic mass is 16.8. The molecule has 7 N–H and O–H groups in total. The second-order valence-corrected chi connectivity index (χ2v) is 18.7. The fourth-order valence-corrected chi connectivity index (χ4v) is 13.2. The summed E-state index contributed by atoms with van der Waals surface area (Å²) in [6, 6.07) is 0. The summed E-state index contributed by atoms with van der Waals surface area (Å²) in [7, 11) is 0. The summed E-state index contributed by atoms with van der Waals surface area (Å²) >= 11 is 0. The van der Waals surface area contributed by atoms with Gasteiger partial charge < -0.3 is 64.2 Å². The van der Waals surface area contributed by atoms with Crippen molar-refractivity contribution in [3.05, 3.63) is 0 Å². The third-order valence-electron chi connectivity index (χ3n) is 16.2. The van der Waals surface area contributed by atoms with Crippen LogP contribution in [0, 0.1) is 52.3 Å². The zero-order valence-corrected chi connectivity index (χ0v) is 31.2. The monoisotopic (exact) mass is 740 g/mol. The number of rotatable bonds is 6. The molecule has 0 unspecified atom stereocenters. The van der Waals surface area contributed by atoms with Crippen molar-refractivity contribution >= 4 is 0 Å². The number of aliphatic hydroxyl groups is 7. The minimum absolute atomic E-state index is 0.168. The summed E-state index contributed by atoms with van der Waals surface area (Å²) in [5.74, 6) is 3.51. The summed E-state index contributed by atoms with van der Waals surface area (Å²) < 4.78 is 37.5. The lowest BCUT2D eigenvalue weighted by Crippen LogP contribution is -2.65. The van der Waals surface area contributed by atoms with E-state index in [0.29, 0.717) is 41.4 Å². The number of ether oxygens (including phenoxy) is 6. The minimum Gasteiger partial charge on any atom is -0.394 e. The van der Waals surface area contributed by atoms with Gasteiger partial charge in [-0.15, -0.1) is 0 Å². The van der Waals surface area contributed by atoms with Crippen molar-refractivity contribution in [3.8, 4) is 0 Å². The van der Waals surface area contributed by atoms with Gasteiger partial charge in [0.2, 0.25) is 0 Å². The SMILES string of the molecule is C[C@@H]1CC[C@@]2(OC1)O[C@H]1C[C@H]3[C@@H]4CC[C@@H]5C[C@@H](O[C@@H]6O[C@H](CO)[C@@H](O)[C@H](O)[C@H]6O[C@@H]6O[C@H](CO)[C@@H](O)[C@H](O)[C@H]6O)CC[C@]5(C)[C@H]4CC[C@]3(C)[C@H]1[C@@H]2C. The molecule has 0 bridgehead atoms. The first kappa shape index (κ1) is 38.4. The minimum atomic E-state index is -1.71. The molecule has 0 aromatic carbocycles. The van der Waals surface area contributed by atoms with E-state index in [2.05, 4.69) is 27.7 Å². The lowest BCUT2D eigenvalue weighted by atomic mass is 9.44. The van der Waals surface area contributed by atoms with Crippen LogP contribution in [0.1, 0.15) is 91.9 Å². The van der Waals surface area contributed by atoms with Crippen molar-refractivity contribution in [2.45, 2.75) is 171 Å². The van der Waals surface area contributed by atoms with Crippen molar-refractivity contribution in [3.63, 3.8) is 0 Å². The first-order valence-corrected chi connectivity index (χ1v) is 20.3. The van der Waals surface area contributed by atoms with E-state index in [1.54, 1.807) is 0 Å². The quantitative estimate of drug-likeness (QED) is 0.194. The molecule has 13 heteroatoms. The Morgan fingerprint density at radius 3 is 2.06 bits per heavy atom. The predicted octanol–water partition coefficient (Wildman–Crippen LogP) is 1.44. The van der Waals surface area contributed by atoms with Crippen LogP contribution in [0.25, 0.3) is 0 Å². The maximum Gasteiger partial charge on any atom is 0.187 e. The molecule has 8 fully saturated rings. The summed E-state index contributed by atoms with van der Waals surface area (Å²) in [6.07, 6.45) is -3.88. The van der Waals surface area contributed by atoms with Gasteiger partial charge in [-0.2, -0.15) is 0 Å². The van der Waals surface area contributed by atoms with Crippen LogP contribution in [0.2, 0.25) is 0 Å². The van der Waals surface area contributed by atoms with Gasteiger partial charge in [0.05, 0.1) is 32.0 Å². The Kier molecular flexibility index (Phi) is 10.4. The second kappa shape index (κ2) is 14.1. The topological polar surface area (TPSA) is 197 Å². The van der Waals surface area contributed by atoms with Gasteiger partial charge in [-0.05, 0) is 104 Å². The summed E-state index contributed by atoms with van der Waals surface area (Å²) in [5, 5.41) is 72.7. The molecule has 298 valence electrons. The molecule has 8 rings (SSSR count). The van der Waals surface area contributed by atoms with Crippen molar-refractivity contribution in [2.75, 3.05) is 19.8 Å². The van der Waals surface area contributed by atoms with Crippen LogP contribution in [0.4, 0.5) is 0 Å². The molecule has 0 aromatic heterocycles. The molecule has 4 aliphatic heterocycles. The van der Waals surface area contributed by atoms with Crippen LogP contribution in [0.5, 0.6) is 0 Å². The Morgan fingerprint density at radius 2 is 1.37 bits per heavy atom. The maximum atomic E-state index is 11.1. The molecule has 4 aliphatic carbocycles. The largest absolute Gasteiger partial charge is 0.394 e. The van der Waals surface area contributed by atoms with E-state index >= 15 is 0 Å². The molecule has 22 atom stereocenters. The van der Waals surface area contributed by atoms with Gasteiger partial charge in [0.1, 0.15) is 48.8 Å². The normalized spacial score (nSPS) is 59.0. The number of hydrogen-bond acceptors (Lipinski definition) is 13. The first-order chi connectivity index (χ1) is 24.7. The second-order valence-electron chi connectivity index (χ2n) is 18.7. The van der Waals surface area contributed by atoms with Crippen LogP contribution in [0.15, 0.2) is 0 Å². The summed E-state index contributed by atoms with van der Waals surface area (Å²) in [5.41, 5.74) is 0.425. The van der Waals surface area contributed by atoms with Gasteiger partial charge in [-0.3, -0.25) is 0 Å². The molecule has 4 saturated heterocycles. The van der Waals surface area contributed by atoms with Crippen molar-refractivity contribution in [1.29, 1.82) is 0 Å². The lowest BCUT2D eigenvalue weighted by Gasteiger charge is -2.61. The molecular weight excluding hydrogens is 676 g/mol. The van der Waals surface area contributed by atoms with Crippen LogP contribution < -0.4 is 0 Å². The molecule has 1 spiro atoms. The fraction of sp³-hybridized carbons (Fsp3) is 1.00. The number of hydrogen-bond donors (Lipinski definition) is 7. The highest BCUT2D eigenvalue weighted by Gasteiger charge is 2.69. The molecule has 8 aliphatic rings. The van der Waals surface area contributed by atoms with Gasteiger partial charge in [0, 0.05) is 12.3 Å². The Hall–Kier alpha value is -0.520. The highest BCUT2D eigenvalue weighted by Crippen LogP contribution is 2.71. The molecular formula is C39H64O13. The first-order valence-electron chi connectivity index (χ1n) is 20.3. The number of aliphatic hydroxyl groups excluding tert-OH is 7. The summed E-state index contributed by atoms with van der Waals surface area (Å²) in [4.78, 5) is 0. The molecule has 13 nitrogen and oxygen atoms in total. The molecule has 4 heterocycles. The predicted molar refractivity (Wildman–Crippen MR) is 183 cm³/mol. The smallest absolute Gasteiger partial charge is 0.187 e. The van der Waals surface area contributed by atoms with Crippen molar-refractivity contribution in [1.82, 2.24) is 0 Å². The van der Waals surface area contributed by atoms with Crippen LogP contribution in [-0.4, -0.2) is 135 Å². The van der Waals surface area contributed by atoms with Crippen LogP contribution >= 0.6 is 0 Å². The van der Waals surface area contributed by atoms with Gasteiger partial charge in [-0.25, -0.2) is 0 Å². The third kappa shape index (κ3) is 5.98. The molecule has 0 radical (unpaired) electrons. The van der Waals surface area contributed by atoms with Gasteiger partial charge in [0.25, 0.3) is 0 Å². The van der Waals surface area contributed by atoms with Gasteiger partial charge in [-0.1, -0.05) is 27.7 Å². The van der Waals surface area contributed by atoms with E-state index < -0.39 is 80.4 Å². The van der Waals surface area contributed by atoms with Crippen LogP contribution in [-0.2, 0) is 28.4 Å². The number of fused-ring (bicyclic) bond motifs is 7. The highest BCUT2D eigenvalue weighted by molar-refractivity contribution is 5.15. The lowest BCUT2D eigenvalue weighted by molar-refractivity contribution is -0.373. The average molecular weight is 741 g/mol. The Labute approximate surface area is 307 Å². The van der Waals surface area contributed by atoms with Gasteiger partial charge >= 0.3 is 0 Å². The van der Waals surface area contributed by atoms with Crippen molar-refractivity contribution < 1.29 is 64.2 Å². The molecule has 4 saturated carbocycles. The Balaban J connectivity index is 0.942. The van der Waals surface area contributed by atoms with E-state index in [4.69, 9.17) is 28.4 Å². The van der Waals surface area contributed by atoms with E-state index in [9.17, 15) is 35.7 Å². The van der Waals surface area contributed by atoms with E-state index in [-0.39, 0.29) is 23.0 Å². The van der Waals surface area contributed by atoms with Gasteiger partial charge in [0.15, 0.2) is 18.4 Å². The zero-order chi connectivity index (χ0) is 36.9. The Bertz CT molecular complexity index is 1260. The van der Waals surface area contributed by atoms with Crippen LogP contribution in [0.3, 0.4) is 0 Å². The van der Waals surface area contributed by atoms with E-state index in [0.717, 1.165) is 45.1 Å². The van der Waals surface area contributed by atoms with E-state index in [1.807, 2.05) is 0 Å². The third-order valence-corrected chi connectivity index (χ3v) is 16.2. The van der Waals surface area contributed by atoms with E-state index in [1.165, 1.54) is 25.7 Å². The average Bonchev–Trinajstić information content (AvgIpc) is 3.58. The fourth-order valence-electron chi connectivity index (χ4n) is 13.2. The molecule has 52 heavy (non-hydrogen) atoms. The zero-order valence-electron chi connectivity index (χ0n) is 31.2. The Morgan fingerprint density at radius 1 is 0.673 bits per heavy atom. The standard InChI is InChI=1S/C39H64O13/c1-18-7-12-39(47-17-18)19(2)28-25(52-39)14-24-22-6-5-20-13-21(8-10-37(20,3)23(22)9-11-38(24,28)4)48-36-34(32(45)30(43)27(16-41)50-36)51-35-33(46)31(44)29(42)26(15-40)49-35/h18-36,40-46H,5-17H2,1-4H3/t18-,19+,20-,21+,22-,23+,24+,25+,26-,27-,28+,29-,30-,31+,32+,33-,34-,35+,36-,37+,38+,39-/m1/s1. The summed E-state index contributed by atoms with van der Waals surface area (Å²) in [6.45, 7) is 9.33. The van der Waals surface area contributed by atoms with Crippen molar-refractivity contribution in [2.24, 2.45) is 52.3 Å². The molecule has 0 aromatic rings. The maximum absolute atomic E-state index is 11.1.